The average molecular weight is 485 g/mol. The number of piperazine rings is 1. The van der Waals surface area contributed by atoms with Gasteiger partial charge in [-0.15, -0.1) is 0 Å². The minimum absolute atomic E-state index is 0.0137. The molecule has 1 fully saturated rings. The molecule has 0 saturated carbocycles. The summed E-state index contributed by atoms with van der Waals surface area (Å²) in [7, 11) is 0. The second kappa shape index (κ2) is 10.3. The number of hydrogen-bond donors (Lipinski definition) is 1. The minimum atomic E-state index is -0.433. The third kappa shape index (κ3) is 4.75. The predicted octanol–water partition coefficient (Wildman–Crippen LogP) is 4.36. The fourth-order valence-electron chi connectivity index (χ4n) is 5.00. The number of benzene rings is 2. The summed E-state index contributed by atoms with van der Waals surface area (Å²) in [6, 6.07) is 23.4. The van der Waals surface area contributed by atoms with Crippen molar-refractivity contribution in [3.8, 4) is 5.75 Å². The van der Waals surface area contributed by atoms with Crippen LogP contribution in [0.5, 0.6) is 5.75 Å². The van der Waals surface area contributed by atoms with Crippen molar-refractivity contribution in [1.82, 2.24) is 14.5 Å². The van der Waals surface area contributed by atoms with E-state index in [0.717, 1.165) is 11.3 Å². The maximum absolute atomic E-state index is 14.4. The molecule has 4 aromatic rings. The van der Waals surface area contributed by atoms with Crippen LogP contribution < -0.4 is 10.5 Å². The van der Waals surface area contributed by atoms with Gasteiger partial charge in [-0.3, -0.25) is 14.7 Å². The molecule has 1 aliphatic heterocycles. The van der Waals surface area contributed by atoms with Crippen LogP contribution in [0.25, 0.3) is 0 Å². The van der Waals surface area contributed by atoms with E-state index >= 15 is 0 Å². The number of aromatic nitrogens is 2. The molecule has 1 unspecified atom stereocenters. The molecular weight excluding hydrogens is 455 g/mol. The highest BCUT2D eigenvalue weighted by Gasteiger charge is 2.32. The van der Waals surface area contributed by atoms with Crippen LogP contribution in [-0.4, -0.2) is 45.7 Å². The molecule has 1 N–H and O–H groups in total. The van der Waals surface area contributed by atoms with Gasteiger partial charge < -0.3 is 14.6 Å². The number of aryl methyl sites for hydroxylation is 1. The van der Waals surface area contributed by atoms with Gasteiger partial charge in [-0.05, 0) is 42.8 Å². The highest BCUT2D eigenvalue weighted by atomic mass is 19.1. The van der Waals surface area contributed by atoms with Crippen molar-refractivity contribution in [2.75, 3.05) is 31.1 Å². The molecular formula is C29H29FN4O2. The van der Waals surface area contributed by atoms with E-state index in [4.69, 9.17) is 0 Å². The Morgan fingerprint density at radius 1 is 0.944 bits per heavy atom. The second-order valence-corrected chi connectivity index (χ2v) is 9.08. The molecule has 7 heteroatoms. The molecule has 1 saturated heterocycles. The first-order valence-corrected chi connectivity index (χ1v) is 12.1. The van der Waals surface area contributed by atoms with E-state index in [-0.39, 0.29) is 17.1 Å². The van der Waals surface area contributed by atoms with Gasteiger partial charge in [0.2, 0.25) is 0 Å². The maximum Gasteiger partial charge on any atom is 0.260 e. The Bertz CT molecular complexity index is 1380. The van der Waals surface area contributed by atoms with Gasteiger partial charge in [0.15, 0.2) is 0 Å². The first kappa shape index (κ1) is 23.8. The second-order valence-electron chi connectivity index (χ2n) is 9.08. The standard InChI is InChI=1S/C29H29FN4O2/c1-21-19-26(35)27(29(36)34(21)20-23-11-7-8-14-31-23)28(22-9-3-2-4-10-22)33-17-15-32(16-18-33)25-13-6-5-12-24(25)30/h2-14,19,28,35H,15-18,20H2,1H3. The Balaban J connectivity index is 1.52. The number of anilines is 1. The fraction of sp³-hybridized carbons (Fsp3) is 0.241. The number of halogens is 1. The van der Waals surface area contributed by atoms with Crippen molar-refractivity contribution in [2.24, 2.45) is 0 Å². The van der Waals surface area contributed by atoms with Gasteiger partial charge in [-0.25, -0.2) is 4.39 Å². The summed E-state index contributed by atoms with van der Waals surface area (Å²) < 4.78 is 16.1. The largest absolute Gasteiger partial charge is 0.507 e. The highest BCUT2D eigenvalue weighted by molar-refractivity contribution is 5.48. The Kier molecular flexibility index (Phi) is 6.82. The van der Waals surface area contributed by atoms with E-state index in [1.165, 1.54) is 6.07 Å². The van der Waals surface area contributed by atoms with Gasteiger partial charge in [-0.2, -0.15) is 0 Å². The summed E-state index contributed by atoms with van der Waals surface area (Å²) in [5.74, 6) is -0.251. The molecule has 3 heterocycles. The van der Waals surface area contributed by atoms with Crippen LogP contribution in [0.2, 0.25) is 0 Å². The number of nitrogens with zero attached hydrogens (tertiary/aromatic N) is 4. The first-order valence-electron chi connectivity index (χ1n) is 12.1. The van der Waals surface area contributed by atoms with Crippen LogP contribution in [0.15, 0.2) is 89.9 Å². The van der Waals surface area contributed by atoms with E-state index in [1.54, 1.807) is 29.0 Å². The highest BCUT2D eigenvalue weighted by Crippen LogP contribution is 2.34. The van der Waals surface area contributed by atoms with Crippen molar-refractivity contribution in [1.29, 1.82) is 0 Å². The van der Waals surface area contributed by atoms with Gasteiger partial charge >= 0.3 is 0 Å². The van der Waals surface area contributed by atoms with Crippen molar-refractivity contribution in [3.63, 3.8) is 0 Å². The molecule has 0 bridgehead atoms. The van der Waals surface area contributed by atoms with Crippen LogP contribution in [0.1, 0.15) is 28.6 Å². The van der Waals surface area contributed by atoms with Crippen LogP contribution >= 0.6 is 0 Å². The van der Waals surface area contributed by atoms with E-state index < -0.39 is 6.04 Å². The van der Waals surface area contributed by atoms with Crippen molar-refractivity contribution in [3.05, 3.63) is 124 Å². The van der Waals surface area contributed by atoms with Crippen LogP contribution in [0, 0.1) is 12.7 Å². The van der Waals surface area contributed by atoms with E-state index in [0.29, 0.717) is 49.7 Å². The lowest BCUT2D eigenvalue weighted by Crippen LogP contribution is -2.49. The third-order valence-electron chi connectivity index (χ3n) is 6.83. The van der Waals surface area contributed by atoms with E-state index in [2.05, 4.69) is 9.88 Å². The van der Waals surface area contributed by atoms with Gasteiger partial charge in [-0.1, -0.05) is 48.5 Å². The van der Waals surface area contributed by atoms with Crippen LogP contribution in [-0.2, 0) is 6.54 Å². The summed E-state index contributed by atoms with van der Waals surface area (Å²) in [4.78, 5) is 22.5. The number of pyridine rings is 2. The van der Waals surface area contributed by atoms with Crippen LogP contribution in [0.4, 0.5) is 10.1 Å². The van der Waals surface area contributed by atoms with Gasteiger partial charge in [0.25, 0.3) is 5.56 Å². The molecule has 1 atom stereocenters. The molecule has 184 valence electrons. The average Bonchev–Trinajstić information content (AvgIpc) is 2.90. The van der Waals surface area contributed by atoms with Gasteiger partial charge in [0, 0.05) is 38.1 Å². The quantitative estimate of drug-likeness (QED) is 0.441. The summed E-state index contributed by atoms with van der Waals surface area (Å²) in [5, 5.41) is 11.1. The van der Waals surface area contributed by atoms with E-state index in [1.807, 2.05) is 66.4 Å². The zero-order valence-electron chi connectivity index (χ0n) is 20.2. The topological polar surface area (TPSA) is 61.6 Å². The monoisotopic (exact) mass is 484 g/mol. The predicted molar refractivity (Wildman–Crippen MR) is 139 cm³/mol. The smallest absolute Gasteiger partial charge is 0.260 e. The fourth-order valence-corrected chi connectivity index (χ4v) is 5.00. The molecule has 2 aromatic heterocycles. The van der Waals surface area contributed by atoms with Crippen molar-refractivity contribution in [2.45, 2.75) is 19.5 Å². The lowest BCUT2D eigenvalue weighted by molar-refractivity contribution is 0.207. The summed E-state index contributed by atoms with van der Waals surface area (Å²) in [6.07, 6.45) is 1.71. The molecule has 0 aliphatic carbocycles. The summed E-state index contributed by atoms with van der Waals surface area (Å²) >= 11 is 0. The molecule has 5 rings (SSSR count). The molecule has 0 radical (unpaired) electrons. The SMILES string of the molecule is Cc1cc(O)c(C(c2ccccc2)N2CCN(c3ccccc3F)CC2)c(=O)n1Cc1ccccn1. The maximum atomic E-state index is 14.4. The Morgan fingerprint density at radius 3 is 2.33 bits per heavy atom. The first-order chi connectivity index (χ1) is 17.5. The molecule has 0 spiro atoms. The number of para-hydroxylation sites is 1. The lowest BCUT2D eigenvalue weighted by atomic mass is 9.96. The Labute approximate surface area is 209 Å². The molecule has 6 nitrogen and oxygen atoms in total. The zero-order valence-corrected chi connectivity index (χ0v) is 20.2. The third-order valence-corrected chi connectivity index (χ3v) is 6.83. The minimum Gasteiger partial charge on any atom is -0.507 e. The molecule has 2 aromatic carbocycles. The molecule has 0 amide bonds. The number of aromatic hydroxyl groups is 1. The van der Waals surface area contributed by atoms with Gasteiger partial charge in [0.1, 0.15) is 11.6 Å². The zero-order chi connectivity index (χ0) is 25.1. The molecule has 36 heavy (non-hydrogen) atoms. The van der Waals surface area contributed by atoms with Crippen molar-refractivity contribution < 1.29 is 9.50 Å². The normalized spacial score (nSPS) is 15.1. The Morgan fingerprint density at radius 2 is 1.64 bits per heavy atom. The van der Waals surface area contributed by atoms with E-state index in [9.17, 15) is 14.3 Å². The van der Waals surface area contributed by atoms with Gasteiger partial charge in [0.05, 0.1) is 29.5 Å². The lowest BCUT2D eigenvalue weighted by Gasteiger charge is -2.40. The Hall–Kier alpha value is -3.97. The van der Waals surface area contributed by atoms with Crippen molar-refractivity contribution >= 4 is 5.69 Å². The summed E-state index contributed by atoms with van der Waals surface area (Å²) in [5.41, 5.74) is 3.07. The number of rotatable bonds is 6. The molecule has 1 aliphatic rings. The van der Waals surface area contributed by atoms with Crippen LogP contribution in [0.3, 0.4) is 0 Å². The summed E-state index contributed by atoms with van der Waals surface area (Å²) in [6.45, 7) is 4.58. The number of hydrogen-bond acceptors (Lipinski definition) is 5.